The number of hydrogen-bond acceptors (Lipinski definition) is 1. The normalized spacial score (nSPS) is 16.9. The first-order valence-corrected chi connectivity index (χ1v) is 7.01. The van der Waals surface area contributed by atoms with Crippen molar-refractivity contribution in [3.8, 4) is 0 Å². The van der Waals surface area contributed by atoms with Crippen LogP contribution < -0.4 is 0 Å². The van der Waals surface area contributed by atoms with E-state index < -0.39 is 5.97 Å². The van der Waals surface area contributed by atoms with Gasteiger partial charge in [-0.2, -0.15) is 0 Å². The summed E-state index contributed by atoms with van der Waals surface area (Å²) >= 11 is 0. The molecule has 1 aromatic heterocycles. The number of carbonyl (C=O) groups is 1. The number of rotatable bonds is 2. The van der Waals surface area contributed by atoms with Gasteiger partial charge < -0.3 is 9.67 Å². The van der Waals surface area contributed by atoms with Gasteiger partial charge in [-0.1, -0.05) is 25.3 Å². The van der Waals surface area contributed by atoms with Crippen molar-refractivity contribution in [1.82, 2.24) is 4.57 Å². The average molecular weight is 257 g/mol. The summed E-state index contributed by atoms with van der Waals surface area (Å²) in [4.78, 5) is 11.1. The summed E-state index contributed by atoms with van der Waals surface area (Å²) in [7, 11) is 0. The number of benzene rings is 1. The molecule has 0 radical (unpaired) electrons. The van der Waals surface area contributed by atoms with E-state index in [0.29, 0.717) is 11.6 Å². The molecule has 2 aromatic rings. The van der Waals surface area contributed by atoms with Gasteiger partial charge in [0, 0.05) is 23.1 Å². The number of aromatic carboxylic acids is 1. The van der Waals surface area contributed by atoms with E-state index in [-0.39, 0.29) is 0 Å². The fraction of sp³-hybridized carbons (Fsp3) is 0.438. The van der Waals surface area contributed by atoms with Gasteiger partial charge in [0.15, 0.2) is 0 Å². The molecule has 3 rings (SSSR count). The molecule has 1 saturated carbocycles. The molecule has 0 amide bonds. The minimum absolute atomic E-state index is 0.377. The molecule has 1 aromatic carbocycles. The Labute approximate surface area is 112 Å². The maximum atomic E-state index is 11.1. The predicted octanol–water partition coefficient (Wildman–Crippen LogP) is 4.15. The summed E-state index contributed by atoms with van der Waals surface area (Å²) in [5.41, 5.74) is 2.68. The summed E-state index contributed by atoms with van der Waals surface area (Å²) in [6, 6.07) is 5.99. The second-order valence-corrected chi connectivity index (χ2v) is 5.55. The van der Waals surface area contributed by atoms with E-state index in [1.54, 1.807) is 6.07 Å². The van der Waals surface area contributed by atoms with Gasteiger partial charge in [0.1, 0.15) is 0 Å². The van der Waals surface area contributed by atoms with Crippen LogP contribution in [0.3, 0.4) is 0 Å². The molecule has 1 aliphatic carbocycles. The topological polar surface area (TPSA) is 42.2 Å². The van der Waals surface area contributed by atoms with Crippen molar-refractivity contribution in [2.45, 2.75) is 45.1 Å². The molecule has 1 fully saturated rings. The monoisotopic (exact) mass is 257 g/mol. The lowest BCUT2D eigenvalue weighted by molar-refractivity contribution is 0.0697. The molecular formula is C16H19NO2. The molecule has 0 spiro atoms. The number of hydrogen-bond donors (Lipinski definition) is 1. The highest BCUT2D eigenvalue weighted by Gasteiger charge is 2.18. The van der Waals surface area contributed by atoms with Gasteiger partial charge in [-0.15, -0.1) is 0 Å². The van der Waals surface area contributed by atoms with Crippen molar-refractivity contribution in [3.63, 3.8) is 0 Å². The number of carboxylic acids is 1. The second kappa shape index (κ2) is 4.72. The Hall–Kier alpha value is -1.77. The molecule has 100 valence electrons. The van der Waals surface area contributed by atoms with Gasteiger partial charge in [-0.05, 0) is 37.5 Å². The fourth-order valence-electron chi connectivity index (χ4n) is 3.22. The van der Waals surface area contributed by atoms with Crippen LogP contribution in [0.15, 0.2) is 24.4 Å². The lowest BCUT2D eigenvalue weighted by atomic mass is 9.95. The minimum Gasteiger partial charge on any atom is -0.478 e. The maximum absolute atomic E-state index is 11.1. The Morgan fingerprint density at radius 3 is 2.68 bits per heavy atom. The average Bonchev–Trinajstić information content (AvgIpc) is 2.77. The van der Waals surface area contributed by atoms with E-state index >= 15 is 0 Å². The standard InChI is InChI=1S/C16H19NO2/c1-11-10-17(13-5-3-2-4-6-13)15-9-12(16(18)19)7-8-14(11)15/h7-10,13H,2-6H2,1H3,(H,18,19). The molecule has 1 N–H and O–H groups in total. The van der Waals surface area contributed by atoms with E-state index in [9.17, 15) is 4.79 Å². The maximum Gasteiger partial charge on any atom is 0.335 e. The molecule has 19 heavy (non-hydrogen) atoms. The van der Waals surface area contributed by atoms with Crippen LogP contribution in [0.1, 0.15) is 54.1 Å². The first-order valence-electron chi connectivity index (χ1n) is 7.01. The Bertz CT molecular complexity index is 621. The summed E-state index contributed by atoms with van der Waals surface area (Å²) in [6.07, 6.45) is 8.49. The van der Waals surface area contributed by atoms with Crippen molar-refractivity contribution in [3.05, 3.63) is 35.5 Å². The second-order valence-electron chi connectivity index (χ2n) is 5.55. The highest BCUT2D eigenvalue weighted by Crippen LogP contribution is 2.33. The van der Waals surface area contributed by atoms with Gasteiger partial charge in [0.2, 0.25) is 0 Å². The number of aryl methyl sites for hydroxylation is 1. The summed E-state index contributed by atoms with van der Waals surface area (Å²) in [5.74, 6) is -0.851. The van der Waals surface area contributed by atoms with Crippen LogP contribution in [0.25, 0.3) is 10.9 Å². The fourth-order valence-corrected chi connectivity index (χ4v) is 3.22. The zero-order valence-electron chi connectivity index (χ0n) is 11.2. The molecule has 3 heteroatoms. The summed E-state index contributed by atoms with van der Waals surface area (Å²) in [5, 5.41) is 10.3. The van der Waals surface area contributed by atoms with Crippen molar-refractivity contribution >= 4 is 16.9 Å². The Morgan fingerprint density at radius 2 is 2.00 bits per heavy atom. The van der Waals surface area contributed by atoms with Crippen molar-refractivity contribution in [2.24, 2.45) is 0 Å². The molecule has 1 aliphatic rings. The van der Waals surface area contributed by atoms with Crippen LogP contribution in [-0.2, 0) is 0 Å². The number of carboxylic acid groups (broad SMARTS) is 1. The number of fused-ring (bicyclic) bond motifs is 1. The van der Waals surface area contributed by atoms with Gasteiger partial charge >= 0.3 is 5.97 Å². The Balaban J connectivity index is 2.12. The van der Waals surface area contributed by atoms with Crippen LogP contribution in [0, 0.1) is 6.92 Å². The van der Waals surface area contributed by atoms with Gasteiger partial charge in [0.05, 0.1) is 5.56 Å². The third kappa shape index (κ3) is 2.14. The number of nitrogens with zero attached hydrogens (tertiary/aromatic N) is 1. The first-order chi connectivity index (χ1) is 9.16. The van der Waals surface area contributed by atoms with Crippen molar-refractivity contribution < 1.29 is 9.90 Å². The van der Waals surface area contributed by atoms with Crippen molar-refractivity contribution in [2.75, 3.05) is 0 Å². The van der Waals surface area contributed by atoms with Crippen LogP contribution in [-0.4, -0.2) is 15.6 Å². The van der Waals surface area contributed by atoms with Gasteiger partial charge in [-0.3, -0.25) is 0 Å². The predicted molar refractivity (Wildman–Crippen MR) is 75.8 cm³/mol. The SMILES string of the molecule is Cc1cn(C2CCCCC2)c2cc(C(=O)O)ccc12. The smallest absolute Gasteiger partial charge is 0.335 e. The third-order valence-electron chi connectivity index (χ3n) is 4.25. The number of aromatic nitrogens is 1. The van der Waals surface area contributed by atoms with Gasteiger partial charge in [0.25, 0.3) is 0 Å². The molecule has 0 unspecified atom stereocenters. The van der Waals surface area contributed by atoms with Crippen LogP contribution in [0.2, 0.25) is 0 Å². The molecular weight excluding hydrogens is 238 g/mol. The van der Waals surface area contributed by atoms with Crippen LogP contribution >= 0.6 is 0 Å². The van der Waals surface area contributed by atoms with E-state index in [1.165, 1.54) is 43.1 Å². The van der Waals surface area contributed by atoms with E-state index in [1.807, 2.05) is 12.1 Å². The van der Waals surface area contributed by atoms with E-state index in [0.717, 1.165) is 5.52 Å². The lowest BCUT2D eigenvalue weighted by Crippen LogP contribution is -2.11. The molecule has 1 heterocycles. The summed E-state index contributed by atoms with van der Waals surface area (Å²) in [6.45, 7) is 2.10. The zero-order valence-corrected chi connectivity index (χ0v) is 11.2. The van der Waals surface area contributed by atoms with Crippen LogP contribution in [0.5, 0.6) is 0 Å². The molecule has 0 atom stereocenters. The lowest BCUT2D eigenvalue weighted by Gasteiger charge is -2.24. The van der Waals surface area contributed by atoms with E-state index in [4.69, 9.17) is 5.11 Å². The highest BCUT2D eigenvalue weighted by atomic mass is 16.4. The third-order valence-corrected chi connectivity index (χ3v) is 4.25. The summed E-state index contributed by atoms with van der Waals surface area (Å²) < 4.78 is 2.30. The first kappa shape index (κ1) is 12.3. The molecule has 0 bridgehead atoms. The van der Waals surface area contributed by atoms with Crippen molar-refractivity contribution in [1.29, 1.82) is 0 Å². The Morgan fingerprint density at radius 1 is 1.26 bits per heavy atom. The molecule has 0 aliphatic heterocycles. The highest BCUT2D eigenvalue weighted by molar-refractivity contribution is 5.94. The largest absolute Gasteiger partial charge is 0.478 e. The van der Waals surface area contributed by atoms with Gasteiger partial charge in [-0.25, -0.2) is 4.79 Å². The van der Waals surface area contributed by atoms with Crippen LogP contribution in [0.4, 0.5) is 0 Å². The van der Waals surface area contributed by atoms with E-state index in [2.05, 4.69) is 17.7 Å². The molecule has 3 nitrogen and oxygen atoms in total. The molecule has 0 saturated heterocycles. The zero-order chi connectivity index (χ0) is 13.4. The quantitative estimate of drug-likeness (QED) is 0.878. The Kier molecular flexibility index (Phi) is 3.05. The minimum atomic E-state index is -0.851.